The van der Waals surface area contributed by atoms with Crippen LogP contribution in [0.15, 0.2) is 18.2 Å². The van der Waals surface area contributed by atoms with Crippen LogP contribution in [0.4, 0.5) is 11.4 Å². The predicted molar refractivity (Wildman–Crippen MR) is 89.4 cm³/mol. The number of nitrogens with zero attached hydrogens (tertiary/aromatic N) is 3. The number of hydrogen-bond acceptors (Lipinski definition) is 7. The van der Waals surface area contributed by atoms with Crippen LogP contribution in [0, 0.1) is 26.1 Å². The van der Waals surface area contributed by atoms with Crippen molar-refractivity contribution in [3.05, 3.63) is 44.0 Å². The Hall–Kier alpha value is -3.04. The van der Waals surface area contributed by atoms with E-state index in [1.54, 1.807) is 6.92 Å². The van der Waals surface area contributed by atoms with Gasteiger partial charge in [-0.2, -0.15) is 0 Å². The number of rotatable bonds is 6. The van der Waals surface area contributed by atoms with Crippen LogP contribution in [0.5, 0.6) is 0 Å². The number of carbonyl (C=O) groups is 2. The number of nitro groups is 2. The van der Waals surface area contributed by atoms with Crippen molar-refractivity contribution in [3.8, 4) is 0 Å². The number of likely N-dealkylation sites (tertiary alicyclic amines) is 1. The summed E-state index contributed by atoms with van der Waals surface area (Å²) in [5.41, 5.74) is -0.774. The van der Waals surface area contributed by atoms with Crippen LogP contribution >= 0.6 is 0 Å². The Morgan fingerprint density at radius 1 is 1.27 bits per heavy atom. The van der Waals surface area contributed by atoms with Crippen molar-refractivity contribution >= 4 is 23.3 Å². The first-order valence-corrected chi connectivity index (χ1v) is 8.19. The predicted octanol–water partition coefficient (Wildman–Crippen LogP) is 1.85. The monoisotopic (exact) mass is 365 g/mol. The molecule has 1 atom stereocenters. The summed E-state index contributed by atoms with van der Waals surface area (Å²) in [5.74, 6) is -1.12. The fourth-order valence-corrected chi connectivity index (χ4v) is 2.92. The van der Waals surface area contributed by atoms with Crippen molar-refractivity contribution < 1.29 is 24.2 Å². The van der Waals surface area contributed by atoms with E-state index >= 15 is 0 Å². The fourth-order valence-electron chi connectivity index (χ4n) is 2.92. The molecule has 0 spiro atoms. The summed E-state index contributed by atoms with van der Waals surface area (Å²) < 4.78 is 4.98. The summed E-state index contributed by atoms with van der Waals surface area (Å²) in [7, 11) is 0. The van der Waals surface area contributed by atoms with Gasteiger partial charge < -0.3 is 9.64 Å². The molecule has 1 fully saturated rings. The summed E-state index contributed by atoms with van der Waals surface area (Å²) in [6.45, 7) is 2.63. The van der Waals surface area contributed by atoms with Crippen LogP contribution in [-0.4, -0.2) is 46.3 Å². The molecule has 0 saturated carbocycles. The lowest BCUT2D eigenvalue weighted by Crippen LogP contribution is -2.43. The van der Waals surface area contributed by atoms with E-state index in [1.165, 1.54) is 11.0 Å². The van der Waals surface area contributed by atoms with Gasteiger partial charge in [0, 0.05) is 24.7 Å². The largest absolute Gasteiger partial charge is 0.466 e. The number of amides is 1. The molecule has 26 heavy (non-hydrogen) atoms. The second-order valence-electron chi connectivity index (χ2n) is 5.93. The van der Waals surface area contributed by atoms with Gasteiger partial charge in [0.2, 0.25) is 5.91 Å². The van der Waals surface area contributed by atoms with Crippen LogP contribution in [0.1, 0.15) is 25.3 Å². The Balaban J connectivity index is 2.12. The highest BCUT2D eigenvalue weighted by Crippen LogP contribution is 2.26. The third-order valence-corrected chi connectivity index (χ3v) is 4.21. The molecule has 140 valence electrons. The maximum atomic E-state index is 12.5. The van der Waals surface area contributed by atoms with Crippen molar-refractivity contribution in [1.82, 2.24) is 4.90 Å². The maximum absolute atomic E-state index is 12.5. The number of nitro benzene ring substituents is 2. The summed E-state index contributed by atoms with van der Waals surface area (Å²) in [5, 5.41) is 21.9. The van der Waals surface area contributed by atoms with E-state index in [4.69, 9.17) is 4.74 Å². The molecule has 0 radical (unpaired) electrons. The number of benzene rings is 1. The van der Waals surface area contributed by atoms with Crippen molar-refractivity contribution in [1.29, 1.82) is 0 Å². The Bertz CT molecular complexity index is 735. The average molecular weight is 365 g/mol. The van der Waals surface area contributed by atoms with Gasteiger partial charge in [-0.25, -0.2) is 0 Å². The molecule has 1 aliphatic rings. The molecule has 1 aliphatic heterocycles. The van der Waals surface area contributed by atoms with Gasteiger partial charge >= 0.3 is 5.97 Å². The standard InChI is InChI=1S/C16H19N3O7/c1-2-26-16(21)12-4-3-7-17(10-12)15(20)8-11-5-6-13(18(22)23)9-14(11)19(24)25/h5-6,9,12H,2-4,7-8,10H2,1H3. The molecule has 0 bridgehead atoms. The van der Waals surface area contributed by atoms with E-state index in [2.05, 4.69) is 0 Å². The first kappa shape index (κ1) is 19.3. The molecule has 1 aromatic carbocycles. The highest BCUT2D eigenvalue weighted by Gasteiger charge is 2.30. The minimum atomic E-state index is -0.743. The SMILES string of the molecule is CCOC(=O)C1CCCN(C(=O)Cc2ccc([N+](=O)[O-])cc2[N+](=O)[O-])C1. The first-order chi connectivity index (χ1) is 12.3. The second-order valence-corrected chi connectivity index (χ2v) is 5.93. The highest BCUT2D eigenvalue weighted by molar-refractivity contribution is 5.81. The van der Waals surface area contributed by atoms with E-state index in [0.717, 1.165) is 12.1 Å². The van der Waals surface area contributed by atoms with Crippen LogP contribution < -0.4 is 0 Å². The van der Waals surface area contributed by atoms with Gasteiger partial charge in [0.15, 0.2) is 0 Å². The summed E-state index contributed by atoms with van der Waals surface area (Å²) in [6, 6.07) is 3.20. The van der Waals surface area contributed by atoms with Crippen LogP contribution in [0.3, 0.4) is 0 Å². The third kappa shape index (κ3) is 4.52. The summed E-state index contributed by atoms with van der Waals surface area (Å²) in [4.78, 5) is 46.3. The quantitative estimate of drug-likeness (QED) is 0.426. The molecular weight excluding hydrogens is 346 g/mol. The summed E-state index contributed by atoms with van der Waals surface area (Å²) in [6.07, 6.45) is 1.00. The molecule has 1 amide bonds. The normalized spacial score (nSPS) is 16.8. The van der Waals surface area contributed by atoms with E-state index in [9.17, 15) is 29.8 Å². The number of piperidine rings is 1. The molecule has 0 N–H and O–H groups in total. The smallest absolute Gasteiger partial charge is 0.310 e. The zero-order chi connectivity index (χ0) is 19.3. The van der Waals surface area contributed by atoms with Crippen molar-refractivity contribution in [2.24, 2.45) is 5.92 Å². The molecule has 10 nitrogen and oxygen atoms in total. The zero-order valence-corrected chi connectivity index (χ0v) is 14.3. The second kappa shape index (κ2) is 8.37. The lowest BCUT2D eigenvalue weighted by Gasteiger charge is -2.31. The fraction of sp³-hybridized carbons (Fsp3) is 0.500. The van der Waals surface area contributed by atoms with Gasteiger partial charge in [0.1, 0.15) is 0 Å². The summed E-state index contributed by atoms with van der Waals surface area (Å²) >= 11 is 0. The van der Waals surface area contributed by atoms with Gasteiger partial charge in [-0.1, -0.05) is 0 Å². The molecule has 1 unspecified atom stereocenters. The lowest BCUT2D eigenvalue weighted by atomic mass is 9.97. The molecule has 10 heteroatoms. The van der Waals surface area contributed by atoms with Gasteiger partial charge in [-0.15, -0.1) is 0 Å². The lowest BCUT2D eigenvalue weighted by molar-refractivity contribution is -0.394. The molecule has 0 aliphatic carbocycles. The van der Waals surface area contributed by atoms with Crippen molar-refractivity contribution in [2.75, 3.05) is 19.7 Å². The molecule has 0 aromatic heterocycles. The molecular formula is C16H19N3O7. The number of ether oxygens (including phenoxy) is 1. The number of hydrogen-bond donors (Lipinski definition) is 0. The number of esters is 1. The van der Waals surface area contributed by atoms with Crippen molar-refractivity contribution in [2.45, 2.75) is 26.2 Å². The number of non-ortho nitro benzene ring substituents is 1. The van der Waals surface area contributed by atoms with E-state index in [1.807, 2.05) is 0 Å². The minimum Gasteiger partial charge on any atom is -0.466 e. The average Bonchev–Trinajstić information content (AvgIpc) is 2.62. The van der Waals surface area contributed by atoms with E-state index < -0.39 is 27.1 Å². The van der Waals surface area contributed by atoms with Crippen molar-refractivity contribution in [3.63, 3.8) is 0 Å². The molecule has 2 rings (SSSR count). The van der Waals surface area contributed by atoms with Crippen LogP contribution in [0.2, 0.25) is 0 Å². The topological polar surface area (TPSA) is 133 Å². The maximum Gasteiger partial charge on any atom is 0.310 e. The highest BCUT2D eigenvalue weighted by atomic mass is 16.6. The van der Waals surface area contributed by atoms with Gasteiger partial charge in [0.25, 0.3) is 11.4 Å². The van der Waals surface area contributed by atoms with E-state index in [-0.39, 0.29) is 37.0 Å². The first-order valence-electron chi connectivity index (χ1n) is 8.19. The van der Waals surface area contributed by atoms with Crippen LogP contribution in [-0.2, 0) is 20.7 Å². The molecule has 1 saturated heterocycles. The Morgan fingerprint density at radius 2 is 2.00 bits per heavy atom. The Morgan fingerprint density at radius 3 is 2.62 bits per heavy atom. The van der Waals surface area contributed by atoms with Crippen LogP contribution in [0.25, 0.3) is 0 Å². The van der Waals surface area contributed by atoms with E-state index in [0.29, 0.717) is 19.4 Å². The van der Waals surface area contributed by atoms with Gasteiger partial charge in [-0.3, -0.25) is 29.8 Å². The van der Waals surface area contributed by atoms with Gasteiger partial charge in [-0.05, 0) is 25.8 Å². The third-order valence-electron chi connectivity index (χ3n) is 4.21. The minimum absolute atomic E-state index is 0.101. The number of carbonyl (C=O) groups excluding carboxylic acids is 2. The molecule has 1 aromatic rings. The zero-order valence-electron chi connectivity index (χ0n) is 14.3. The van der Waals surface area contributed by atoms with Gasteiger partial charge in [0.05, 0.1) is 34.9 Å². The Labute approximate surface area is 149 Å². The molecule has 1 heterocycles. The Kier molecular flexibility index (Phi) is 6.21.